The molecule has 178 valence electrons. The summed E-state index contributed by atoms with van der Waals surface area (Å²) in [6.07, 6.45) is 2.43. The normalized spacial score (nSPS) is 12.4. The molecule has 0 radical (unpaired) electrons. The Hall–Kier alpha value is -3.26. The molecule has 0 aliphatic heterocycles. The first-order valence-corrected chi connectivity index (χ1v) is 12.6. The van der Waals surface area contributed by atoms with Gasteiger partial charge in [-0.3, -0.25) is 5.10 Å². The molecule has 0 aliphatic rings. The molecule has 2 aromatic heterocycles. The number of carboxylic acid groups (broad SMARTS) is 1. The van der Waals surface area contributed by atoms with Crippen molar-refractivity contribution in [2.45, 2.75) is 32.8 Å². The largest absolute Gasteiger partial charge is 0.479 e. The lowest BCUT2D eigenvalue weighted by molar-refractivity contribution is -0.151. The smallest absolute Gasteiger partial charge is 0.337 e. The quantitative estimate of drug-likeness (QED) is 0.214. The summed E-state index contributed by atoms with van der Waals surface area (Å²) in [5, 5.41) is 19.7. The molecule has 5 rings (SSSR count). The summed E-state index contributed by atoms with van der Waals surface area (Å²) in [5.41, 5.74) is 5.95. The monoisotopic (exact) mass is 505 g/mol. The van der Waals surface area contributed by atoms with E-state index >= 15 is 0 Å². The van der Waals surface area contributed by atoms with Crippen LogP contribution in [0.4, 0.5) is 0 Å². The molecular formula is C27H24ClN3O3S. The SMILES string of the molecule is CCCCOC(C(=O)O)c1c(C)cc2nc(-c3ccc4[nH]ncc4c3)sc2c1-c1ccc(Cl)cc1. The number of ether oxygens (including phenoxy) is 1. The standard InChI is InChI=1S/C27H24ClN3O3S/c1-3-4-11-34-24(27(32)33)22-15(2)12-21-25(23(22)16-5-8-19(28)9-6-16)35-26(30-21)17-7-10-20-18(13-17)14-29-31-20/h5-10,12-14,24H,3-4,11H2,1-2H3,(H,29,31)(H,32,33). The molecule has 2 N–H and O–H groups in total. The van der Waals surface area contributed by atoms with Crippen LogP contribution < -0.4 is 0 Å². The predicted octanol–water partition coefficient (Wildman–Crippen LogP) is 7.41. The van der Waals surface area contributed by atoms with Crippen molar-refractivity contribution < 1.29 is 14.6 Å². The number of aryl methyl sites for hydroxylation is 1. The van der Waals surface area contributed by atoms with Crippen LogP contribution in [0.1, 0.15) is 37.0 Å². The van der Waals surface area contributed by atoms with Crippen LogP contribution in [0.5, 0.6) is 0 Å². The Morgan fingerprint density at radius 3 is 2.69 bits per heavy atom. The van der Waals surface area contributed by atoms with E-state index in [0.717, 1.165) is 61.2 Å². The molecule has 35 heavy (non-hydrogen) atoms. The number of unbranched alkanes of at least 4 members (excludes halogenated alkanes) is 1. The third-order valence-electron chi connectivity index (χ3n) is 6.02. The second kappa shape index (κ2) is 9.77. The lowest BCUT2D eigenvalue weighted by Gasteiger charge is -2.21. The van der Waals surface area contributed by atoms with Gasteiger partial charge in [0.25, 0.3) is 0 Å². The average Bonchev–Trinajstić information content (AvgIpc) is 3.48. The van der Waals surface area contributed by atoms with Crippen molar-refractivity contribution in [3.8, 4) is 21.7 Å². The number of hydrogen-bond donors (Lipinski definition) is 2. The Balaban J connectivity index is 1.73. The van der Waals surface area contributed by atoms with Crippen molar-refractivity contribution in [1.82, 2.24) is 15.2 Å². The van der Waals surface area contributed by atoms with Crippen molar-refractivity contribution in [3.63, 3.8) is 0 Å². The molecule has 0 amide bonds. The zero-order valence-electron chi connectivity index (χ0n) is 19.3. The maximum absolute atomic E-state index is 12.4. The molecular weight excluding hydrogens is 482 g/mol. The molecule has 8 heteroatoms. The van der Waals surface area contributed by atoms with E-state index in [4.69, 9.17) is 21.3 Å². The minimum Gasteiger partial charge on any atom is -0.479 e. The number of nitrogens with zero attached hydrogens (tertiary/aromatic N) is 2. The molecule has 1 atom stereocenters. The second-order valence-electron chi connectivity index (χ2n) is 8.47. The topological polar surface area (TPSA) is 88.1 Å². The van der Waals surface area contributed by atoms with Crippen LogP contribution in [0.2, 0.25) is 5.02 Å². The van der Waals surface area contributed by atoms with E-state index in [1.165, 1.54) is 0 Å². The van der Waals surface area contributed by atoms with Gasteiger partial charge in [0, 0.05) is 33.7 Å². The zero-order chi connectivity index (χ0) is 24.5. The Bertz CT molecular complexity index is 1520. The number of benzene rings is 3. The average molecular weight is 506 g/mol. The molecule has 0 saturated heterocycles. The van der Waals surface area contributed by atoms with Crippen LogP contribution in [0.25, 0.3) is 42.8 Å². The highest BCUT2D eigenvalue weighted by Gasteiger charge is 2.29. The van der Waals surface area contributed by atoms with Crippen molar-refractivity contribution in [2.24, 2.45) is 0 Å². The molecule has 0 spiro atoms. The summed E-state index contributed by atoms with van der Waals surface area (Å²) < 4.78 is 6.84. The van der Waals surface area contributed by atoms with Gasteiger partial charge in [0.2, 0.25) is 0 Å². The van der Waals surface area contributed by atoms with E-state index in [9.17, 15) is 9.90 Å². The van der Waals surface area contributed by atoms with Gasteiger partial charge in [0.15, 0.2) is 6.10 Å². The van der Waals surface area contributed by atoms with Gasteiger partial charge >= 0.3 is 5.97 Å². The molecule has 0 aliphatic carbocycles. The van der Waals surface area contributed by atoms with Crippen molar-refractivity contribution in [2.75, 3.05) is 6.61 Å². The number of rotatable bonds is 8. The van der Waals surface area contributed by atoms with E-state index in [1.54, 1.807) is 17.5 Å². The Morgan fingerprint density at radius 2 is 1.94 bits per heavy atom. The van der Waals surface area contributed by atoms with Gasteiger partial charge < -0.3 is 9.84 Å². The van der Waals surface area contributed by atoms with E-state index < -0.39 is 12.1 Å². The summed E-state index contributed by atoms with van der Waals surface area (Å²) in [5.74, 6) is -1.01. The third kappa shape index (κ3) is 4.55. The fourth-order valence-electron chi connectivity index (χ4n) is 4.28. The van der Waals surface area contributed by atoms with E-state index in [2.05, 4.69) is 23.2 Å². The third-order valence-corrected chi connectivity index (χ3v) is 7.41. The first-order chi connectivity index (χ1) is 17.0. The molecule has 5 aromatic rings. The van der Waals surface area contributed by atoms with Crippen LogP contribution in [0.3, 0.4) is 0 Å². The van der Waals surface area contributed by atoms with Crippen LogP contribution in [-0.2, 0) is 9.53 Å². The highest BCUT2D eigenvalue weighted by molar-refractivity contribution is 7.22. The summed E-state index contributed by atoms with van der Waals surface area (Å²) in [4.78, 5) is 17.3. The summed E-state index contributed by atoms with van der Waals surface area (Å²) >= 11 is 7.72. The van der Waals surface area contributed by atoms with Gasteiger partial charge in [-0.25, -0.2) is 9.78 Å². The maximum atomic E-state index is 12.4. The molecule has 6 nitrogen and oxygen atoms in total. The number of aromatic amines is 1. The minimum atomic E-state index is -1.08. The van der Waals surface area contributed by atoms with Gasteiger partial charge in [-0.05, 0) is 60.9 Å². The Kier molecular flexibility index (Phi) is 6.56. The van der Waals surface area contributed by atoms with E-state index in [0.29, 0.717) is 17.2 Å². The van der Waals surface area contributed by atoms with Crippen LogP contribution in [0.15, 0.2) is 54.7 Å². The van der Waals surface area contributed by atoms with E-state index in [1.807, 2.05) is 49.4 Å². The molecule has 0 saturated carbocycles. The molecule has 0 fully saturated rings. The van der Waals surface area contributed by atoms with Crippen LogP contribution in [0, 0.1) is 6.92 Å². The van der Waals surface area contributed by atoms with Gasteiger partial charge in [-0.15, -0.1) is 11.3 Å². The van der Waals surface area contributed by atoms with Crippen molar-refractivity contribution in [3.05, 3.63) is 70.9 Å². The Labute approximate surface area is 211 Å². The fraction of sp³-hybridized carbons (Fsp3) is 0.222. The highest BCUT2D eigenvalue weighted by atomic mass is 35.5. The number of aliphatic carboxylic acids is 1. The number of H-pyrrole nitrogens is 1. The van der Waals surface area contributed by atoms with Gasteiger partial charge in [-0.2, -0.15) is 5.10 Å². The van der Waals surface area contributed by atoms with Gasteiger partial charge in [0.1, 0.15) is 5.01 Å². The predicted molar refractivity (Wildman–Crippen MR) is 141 cm³/mol. The van der Waals surface area contributed by atoms with Crippen molar-refractivity contribution >= 4 is 50.0 Å². The first-order valence-electron chi connectivity index (χ1n) is 11.4. The number of carboxylic acids is 1. The number of halogens is 1. The van der Waals surface area contributed by atoms with E-state index in [-0.39, 0.29) is 0 Å². The lowest BCUT2D eigenvalue weighted by atomic mass is 9.91. The van der Waals surface area contributed by atoms with Crippen LogP contribution in [-0.4, -0.2) is 32.9 Å². The summed E-state index contributed by atoms with van der Waals surface area (Å²) in [6.45, 7) is 4.35. The molecule has 2 heterocycles. The van der Waals surface area contributed by atoms with Crippen molar-refractivity contribution in [1.29, 1.82) is 0 Å². The maximum Gasteiger partial charge on any atom is 0.337 e. The second-order valence-corrected chi connectivity index (χ2v) is 9.91. The number of carbonyl (C=O) groups is 1. The summed E-state index contributed by atoms with van der Waals surface area (Å²) in [6, 6.07) is 15.5. The van der Waals surface area contributed by atoms with Gasteiger partial charge in [0.05, 0.1) is 21.9 Å². The molecule has 3 aromatic carbocycles. The molecule has 1 unspecified atom stereocenters. The van der Waals surface area contributed by atoms with Crippen LogP contribution >= 0.6 is 22.9 Å². The number of thiazole rings is 1. The fourth-order valence-corrected chi connectivity index (χ4v) is 5.52. The highest BCUT2D eigenvalue weighted by Crippen LogP contribution is 2.43. The zero-order valence-corrected chi connectivity index (χ0v) is 20.9. The van der Waals surface area contributed by atoms with Gasteiger partial charge in [-0.1, -0.05) is 37.1 Å². The first kappa shape index (κ1) is 23.5. The number of fused-ring (bicyclic) bond motifs is 2. The minimum absolute atomic E-state index is 0.379. The Morgan fingerprint density at radius 1 is 1.17 bits per heavy atom. The number of aromatic nitrogens is 3. The number of nitrogens with one attached hydrogen (secondary N) is 1. The lowest BCUT2D eigenvalue weighted by Crippen LogP contribution is -2.18. The summed E-state index contributed by atoms with van der Waals surface area (Å²) in [7, 11) is 0. The molecule has 0 bridgehead atoms. The number of hydrogen-bond acceptors (Lipinski definition) is 5.